The highest BCUT2D eigenvalue weighted by Gasteiger charge is 2.32. The highest BCUT2D eigenvalue weighted by Crippen LogP contribution is 2.25. The maximum atomic E-state index is 14.2. The largest absolute Gasteiger partial charge is 0.353 e. The molecule has 0 aromatic heterocycles. The molecule has 0 heterocycles. The lowest BCUT2D eigenvalue weighted by atomic mass is 10.2. The maximum absolute atomic E-state index is 14.2. The Balaban J connectivity index is 2.05. The van der Waals surface area contributed by atoms with Crippen molar-refractivity contribution in [2.75, 3.05) is 22.9 Å². The Kier molecular flexibility index (Phi) is 8.15. The van der Waals surface area contributed by atoms with Gasteiger partial charge in [-0.1, -0.05) is 30.7 Å². The number of benzene rings is 2. The van der Waals surface area contributed by atoms with Crippen LogP contribution in [0.3, 0.4) is 0 Å². The number of hydrogen-bond acceptors (Lipinski definition) is 4. The summed E-state index contributed by atoms with van der Waals surface area (Å²) in [4.78, 5) is 13.6. The summed E-state index contributed by atoms with van der Waals surface area (Å²) in [7, 11) is -3.86. The summed E-state index contributed by atoms with van der Waals surface area (Å²) in [6, 6.07) is 11.8. The van der Waals surface area contributed by atoms with Gasteiger partial charge >= 0.3 is 0 Å². The quantitative estimate of drug-likeness (QED) is 0.470. The molecule has 0 saturated heterocycles. The fourth-order valence-corrected chi connectivity index (χ4v) is 4.76. The van der Waals surface area contributed by atoms with Crippen LogP contribution in [0, 0.1) is 5.82 Å². The SMILES string of the molecule is CCC(C(=O)NCCSc1ccc(Cl)cc1)N(c1ccccc1F)S(C)(=O)=O. The van der Waals surface area contributed by atoms with Gasteiger partial charge in [0.25, 0.3) is 0 Å². The van der Waals surface area contributed by atoms with Crippen molar-refractivity contribution in [2.24, 2.45) is 0 Å². The highest BCUT2D eigenvalue weighted by atomic mass is 35.5. The van der Waals surface area contributed by atoms with E-state index >= 15 is 0 Å². The van der Waals surface area contributed by atoms with Gasteiger partial charge in [-0.3, -0.25) is 9.10 Å². The Morgan fingerprint density at radius 3 is 2.43 bits per heavy atom. The minimum Gasteiger partial charge on any atom is -0.353 e. The summed E-state index contributed by atoms with van der Waals surface area (Å²) in [6.45, 7) is 2.03. The molecule has 1 N–H and O–H groups in total. The molecule has 9 heteroatoms. The molecule has 2 aromatic carbocycles. The molecule has 1 unspecified atom stereocenters. The molecule has 1 amide bonds. The standard InChI is InChI=1S/C19H22ClFN2O3S2/c1-3-17(23(28(2,25)26)18-7-5-4-6-16(18)21)19(24)22-12-13-27-15-10-8-14(20)9-11-15/h4-11,17H,3,12-13H2,1-2H3,(H,22,24). The first-order chi connectivity index (χ1) is 13.2. The van der Waals surface area contributed by atoms with Crippen molar-refractivity contribution >= 4 is 45.0 Å². The van der Waals surface area contributed by atoms with E-state index in [0.29, 0.717) is 17.3 Å². The average Bonchev–Trinajstić information content (AvgIpc) is 2.64. The molecule has 0 fully saturated rings. The van der Waals surface area contributed by atoms with E-state index in [4.69, 9.17) is 11.6 Å². The van der Waals surface area contributed by atoms with Crippen LogP contribution in [0.5, 0.6) is 0 Å². The zero-order chi connectivity index (χ0) is 20.7. The Bertz CT molecular complexity index is 908. The number of nitrogens with one attached hydrogen (secondary N) is 1. The van der Waals surface area contributed by atoms with Gasteiger partial charge in [-0.15, -0.1) is 11.8 Å². The van der Waals surface area contributed by atoms with Crippen LogP contribution in [-0.2, 0) is 14.8 Å². The van der Waals surface area contributed by atoms with Crippen molar-refractivity contribution in [3.05, 3.63) is 59.4 Å². The zero-order valence-corrected chi connectivity index (χ0v) is 18.0. The van der Waals surface area contributed by atoms with Crippen molar-refractivity contribution in [3.8, 4) is 0 Å². The fourth-order valence-electron chi connectivity index (χ4n) is 2.66. The second-order valence-corrected chi connectivity index (χ2v) is 9.49. The molecule has 0 aliphatic rings. The summed E-state index contributed by atoms with van der Waals surface area (Å²) < 4.78 is 39.6. The van der Waals surface area contributed by atoms with Gasteiger partial charge in [0.1, 0.15) is 11.9 Å². The maximum Gasteiger partial charge on any atom is 0.243 e. The molecule has 5 nitrogen and oxygen atoms in total. The van der Waals surface area contributed by atoms with Gasteiger partial charge in [0.15, 0.2) is 0 Å². The van der Waals surface area contributed by atoms with Crippen LogP contribution in [0.15, 0.2) is 53.4 Å². The first-order valence-electron chi connectivity index (χ1n) is 8.64. The third-order valence-corrected chi connectivity index (χ3v) is 6.33. The van der Waals surface area contributed by atoms with Crippen molar-refractivity contribution < 1.29 is 17.6 Å². The van der Waals surface area contributed by atoms with E-state index in [1.807, 2.05) is 12.1 Å². The highest BCUT2D eigenvalue weighted by molar-refractivity contribution is 7.99. The summed E-state index contributed by atoms with van der Waals surface area (Å²) in [5, 5.41) is 3.39. The van der Waals surface area contributed by atoms with Gasteiger partial charge in [0.2, 0.25) is 15.9 Å². The molecule has 0 aliphatic carbocycles. The number of sulfonamides is 1. The molecule has 0 radical (unpaired) electrons. The van der Waals surface area contributed by atoms with Crippen LogP contribution in [0.2, 0.25) is 5.02 Å². The first kappa shape index (κ1) is 22.5. The monoisotopic (exact) mass is 444 g/mol. The number of para-hydroxylation sites is 1. The molecular formula is C19H22ClFN2O3S2. The normalized spacial score (nSPS) is 12.4. The van der Waals surface area contributed by atoms with Crippen molar-refractivity contribution in [1.82, 2.24) is 5.32 Å². The third-order valence-electron chi connectivity index (χ3n) is 3.90. The summed E-state index contributed by atoms with van der Waals surface area (Å²) >= 11 is 7.38. The molecule has 2 rings (SSSR count). The zero-order valence-electron chi connectivity index (χ0n) is 15.6. The van der Waals surface area contributed by atoms with Gasteiger partial charge in [-0.05, 0) is 42.8 Å². The molecule has 28 heavy (non-hydrogen) atoms. The van der Waals surface area contributed by atoms with Gasteiger partial charge in [-0.2, -0.15) is 0 Å². The number of rotatable bonds is 9. The van der Waals surface area contributed by atoms with E-state index in [2.05, 4.69) is 5.32 Å². The first-order valence-corrected chi connectivity index (χ1v) is 11.8. The summed E-state index contributed by atoms with van der Waals surface area (Å²) in [6.07, 6.45) is 1.17. The molecule has 0 saturated carbocycles. The topological polar surface area (TPSA) is 66.5 Å². The predicted octanol–water partition coefficient (Wildman–Crippen LogP) is 3.93. The Morgan fingerprint density at radius 2 is 1.86 bits per heavy atom. The molecule has 0 aliphatic heterocycles. The van der Waals surface area contributed by atoms with Gasteiger partial charge in [0, 0.05) is 22.2 Å². The second-order valence-electron chi connectivity index (χ2n) is 6.03. The van der Waals surface area contributed by atoms with Crippen LogP contribution >= 0.6 is 23.4 Å². The Hall–Kier alpha value is -1.77. The number of amides is 1. The molecule has 2 aromatic rings. The van der Waals surface area contributed by atoms with Crippen LogP contribution in [0.25, 0.3) is 0 Å². The van der Waals surface area contributed by atoms with E-state index in [1.54, 1.807) is 19.1 Å². The van der Waals surface area contributed by atoms with Crippen LogP contribution < -0.4 is 9.62 Å². The smallest absolute Gasteiger partial charge is 0.243 e. The van der Waals surface area contributed by atoms with Crippen LogP contribution in [0.1, 0.15) is 13.3 Å². The van der Waals surface area contributed by atoms with E-state index in [1.165, 1.54) is 36.0 Å². The molecular weight excluding hydrogens is 423 g/mol. The number of carbonyl (C=O) groups excluding carboxylic acids is 1. The minimum absolute atomic E-state index is 0.137. The van der Waals surface area contributed by atoms with E-state index in [0.717, 1.165) is 15.5 Å². The van der Waals surface area contributed by atoms with Crippen molar-refractivity contribution in [2.45, 2.75) is 24.3 Å². The molecule has 0 bridgehead atoms. The summed E-state index contributed by atoms with van der Waals surface area (Å²) in [5.74, 6) is -0.562. The molecule has 152 valence electrons. The Morgan fingerprint density at radius 1 is 1.21 bits per heavy atom. The number of anilines is 1. The van der Waals surface area contributed by atoms with Gasteiger partial charge < -0.3 is 5.32 Å². The van der Waals surface area contributed by atoms with Gasteiger partial charge in [0.05, 0.1) is 11.9 Å². The minimum atomic E-state index is -3.86. The fraction of sp³-hybridized carbons (Fsp3) is 0.316. The van der Waals surface area contributed by atoms with Crippen LogP contribution in [-0.4, -0.2) is 38.9 Å². The van der Waals surface area contributed by atoms with E-state index in [9.17, 15) is 17.6 Å². The predicted molar refractivity (Wildman–Crippen MR) is 113 cm³/mol. The van der Waals surface area contributed by atoms with E-state index in [-0.39, 0.29) is 12.1 Å². The second kappa shape index (κ2) is 10.1. The number of carbonyl (C=O) groups is 1. The third kappa shape index (κ3) is 6.12. The van der Waals surface area contributed by atoms with Gasteiger partial charge in [-0.25, -0.2) is 12.8 Å². The molecule has 0 spiro atoms. The number of halogens is 2. The molecule has 1 atom stereocenters. The summed E-state index contributed by atoms with van der Waals surface area (Å²) in [5.41, 5.74) is -0.137. The average molecular weight is 445 g/mol. The lowest BCUT2D eigenvalue weighted by molar-refractivity contribution is -0.122. The lowest BCUT2D eigenvalue weighted by Gasteiger charge is -2.30. The lowest BCUT2D eigenvalue weighted by Crippen LogP contribution is -2.50. The number of hydrogen-bond donors (Lipinski definition) is 1. The van der Waals surface area contributed by atoms with E-state index < -0.39 is 27.8 Å². The number of thioether (sulfide) groups is 1. The van der Waals surface area contributed by atoms with Crippen molar-refractivity contribution in [3.63, 3.8) is 0 Å². The number of nitrogens with zero attached hydrogens (tertiary/aromatic N) is 1. The van der Waals surface area contributed by atoms with Crippen LogP contribution in [0.4, 0.5) is 10.1 Å². The van der Waals surface area contributed by atoms with Crippen molar-refractivity contribution in [1.29, 1.82) is 0 Å². The Labute approximate surface area is 174 Å².